The number of amides is 1. The van der Waals surface area contributed by atoms with E-state index in [0.29, 0.717) is 5.69 Å². The molecule has 0 saturated carbocycles. The van der Waals surface area contributed by atoms with Gasteiger partial charge in [-0.15, -0.1) is 11.8 Å². The summed E-state index contributed by atoms with van der Waals surface area (Å²) in [5.41, 5.74) is 0.315. The highest BCUT2D eigenvalue weighted by Crippen LogP contribution is 2.23. The molecule has 0 aromatic heterocycles. The second kappa shape index (κ2) is 4.46. The molecule has 0 aliphatic rings. The van der Waals surface area contributed by atoms with E-state index in [9.17, 15) is 9.18 Å². The highest BCUT2D eigenvalue weighted by molar-refractivity contribution is 7.98. The third-order valence-corrected chi connectivity index (χ3v) is 2.71. The van der Waals surface area contributed by atoms with Crippen LogP contribution in [-0.4, -0.2) is 19.2 Å². The van der Waals surface area contributed by atoms with Gasteiger partial charge in [0, 0.05) is 18.9 Å². The molecule has 0 aliphatic heterocycles. The van der Waals surface area contributed by atoms with Crippen molar-refractivity contribution < 1.29 is 9.18 Å². The summed E-state index contributed by atoms with van der Waals surface area (Å²) in [6.07, 6.45) is 1.88. The molecule has 0 bridgehead atoms. The molecule has 0 unspecified atom stereocenters. The lowest BCUT2D eigenvalue weighted by atomic mass is 10.3. The number of nitrogens with zero attached hydrogens (tertiary/aromatic N) is 1. The second-order valence-electron chi connectivity index (χ2n) is 2.90. The van der Waals surface area contributed by atoms with Crippen molar-refractivity contribution in [3.8, 4) is 0 Å². The SMILES string of the molecule is CSc1ccc(N(C)C(C)=O)c(F)c1. The standard InChI is InChI=1S/C10H12FNOS/c1-7(13)12(2)10-5-4-8(14-3)6-9(10)11/h4-6H,1-3H3. The molecule has 0 N–H and O–H groups in total. The number of benzene rings is 1. The van der Waals surface area contributed by atoms with Crippen LogP contribution in [0, 0.1) is 5.82 Å². The van der Waals surface area contributed by atoms with E-state index in [2.05, 4.69) is 0 Å². The lowest BCUT2D eigenvalue weighted by Gasteiger charge is -2.15. The van der Waals surface area contributed by atoms with E-state index in [0.717, 1.165) is 4.90 Å². The number of halogens is 1. The topological polar surface area (TPSA) is 20.3 Å². The maximum atomic E-state index is 13.4. The monoisotopic (exact) mass is 213 g/mol. The second-order valence-corrected chi connectivity index (χ2v) is 3.78. The molecule has 0 radical (unpaired) electrons. The van der Waals surface area contributed by atoms with E-state index in [1.807, 2.05) is 6.26 Å². The van der Waals surface area contributed by atoms with Crippen molar-refractivity contribution in [2.24, 2.45) is 0 Å². The van der Waals surface area contributed by atoms with Crippen LogP contribution in [0.25, 0.3) is 0 Å². The van der Waals surface area contributed by atoms with E-state index >= 15 is 0 Å². The molecule has 0 atom stereocenters. The molecule has 4 heteroatoms. The summed E-state index contributed by atoms with van der Waals surface area (Å²) in [6.45, 7) is 1.40. The third kappa shape index (κ3) is 2.26. The van der Waals surface area contributed by atoms with Crippen LogP contribution in [-0.2, 0) is 4.79 Å². The largest absolute Gasteiger partial charge is 0.313 e. The summed E-state index contributed by atoms with van der Waals surface area (Å²) < 4.78 is 13.4. The van der Waals surface area contributed by atoms with Gasteiger partial charge in [0.2, 0.25) is 5.91 Å². The molecule has 0 fully saturated rings. The highest BCUT2D eigenvalue weighted by atomic mass is 32.2. The normalized spacial score (nSPS) is 10.0. The van der Waals surface area contributed by atoms with E-state index in [4.69, 9.17) is 0 Å². The molecule has 1 aromatic rings. The van der Waals surface area contributed by atoms with Crippen LogP contribution in [0.4, 0.5) is 10.1 Å². The lowest BCUT2D eigenvalue weighted by molar-refractivity contribution is -0.116. The summed E-state index contributed by atoms with van der Waals surface area (Å²) in [7, 11) is 1.56. The Morgan fingerprint density at radius 2 is 2.14 bits per heavy atom. The molecule has 1 amide bonds. The Balaban J connectivity index is 3.05. The van der Waals surface area contributed by atoms with Crippen molar-refractivity contribution >= 4 is 23.4 Å². The van der Waals surface area contributed by atoms with E-state index in [1.54, 1.807) is 19.2 Å². The average molecular weight is 213 g/mol. The maximum Gasteiger partial charge on any atom is 0.223 e. The number of anilines is 1. The van der Waals surface area contributed by atoms with Gasteiger partial charge in [0.25, 0.3) is 0 Å². The quantitative estimate of drug-likeness (QED) is 0.704. The van der Waals surface area contributed by atoms with Gasteiger partial charge in [-0.2, -0.15) is 0 Å². The first-order chi connectivity index (χ1) is 6.56. The molecular formula is C10H12FNOS. The fourth-order valence-corrected chi connectivity index (χ4v) is 1.48. The molecule has 0 saturated heterocycles. The van der Waals surface area contributed by atoms with Gasteiger partial charge in [0.15, 0.2) is 0 Å². The van der Waals surface area contributed by atoms with Crippen LogP contribution in [0.1, 0.15) is 6.92 Å². The molecule has 0 aliphatic carbocycles. The highest BCUT2D eigenvalue weighted by Gasteiger charge is 2.10. The maximum absolute atomic E-state index is 13.4. The first-order valence-corrected chi connectivity index (χ1v) is 5.36. The molecule has 14 heavy (non-hydrogen) atoms. The van der Waals surface area contributed by atoms with Crippen LogP contribution < -0.4 is 4.90 Å². The van der Waals surface area contributed by atoms with Crippen LogP contribution in [0.15, 0.2) is 23.1 Å². The minimum Gasteiger partial charge on any atom is -0.313 e. The Morgan fingerprint density at radius 1 is 1.50 bits per heavy atom. The van der Waals surface area contributed by atoms with Crippen LogP contribution in [0.3, 0.4) is 0 Å². The van der Waals surface area contributed by atoms with Gasteiger partial charge in [-0.05, 0) is 24.5 Å². The van der Waals surface area contributed by atoms with E-state index in [1.165, 1.54) is 29.7 Å². The fourth-order valence-electron chi connectivity index (χ4n) is 1.06. The average Bonchev–Trinajstić information content (AvgIpc) is 2.16. The zero-order valence-corrected chi connectivity index (χ0v) is 9.19. The summed E-state index contributed by atoms with van der Waals surface area (Å²) in [5.74, 6) is -0.546. The van der Waals surface area contributed by atoms with Crippen molar-refractivity contribution in [2.75, 3.05) is 18.2 Å². The molecule has 1 aromatic carbocycles. The van der Waals surface area contributed by atoms with Gasteiger partial charge in [-0.1, -0.05) is 0 Å². The van der Waals surface area contributed by atoms with Crippen LogP contribution >= 0.6 is 11.8 Å². The lowest BCUT2D eigenvalue weighted by Crippen LogP contribution is -2.23. The molecule has 76 valence electrons. The summed E-state index contributed by atoms with van der Waals surface area (Å²) >= 11 is 1.47. The van der Waals surface area contributed by atoms with E-state index in [-0.39, 0.29) is 11.7 Å². The van der Waals surface area contributed by atoms with Gasteiger partial charge in [-0.3, -0.25) is 4.79 Å². The zero-order valence-electron chi connectivity index (χ0n) is 8.37. The van der Waals surface area contributed by atoms with E-state index < -0.39 is 0 Å². The number of carbonyl (C=O) groups is 1. The number of hydrogen-bond donors (Lipinski definition) is 0. The predicted octanol–water partition coefficient (Wildman–Crippen LogP) is 2.53. The van der Waals surface area contributed by atoms with Gasteiger partial charge < -0.3 is 4.90 Å². The molecule has 2 nitrogen and oxygen atoms in total. The Hall–Kier alpha value is -1.03. The van der Waals surface area contributed by atoms with Crippen molar-refractivity contribution in [3.05, 3.63) is 24.0 Å². The van der Waals surface area contributed by atoms with Crippen LogP contribution in [0.5, 0.6) is 0 Å². The summed E-state index contributed by atoms with van der Waals surface area (Å²) in [5, 5.41) is 0. The number of carbonyl (C=O) groups excluding carboxylic acids is 1. The first kappa shape index (κ1) is 11.0. The molecule has 1 rings (SSSR count). The Labute approximate surface area is 87.1 Å². The van der Waals surface area contributed by atoms with Gasteiger partial charge in [-0.25, -0.2) is 4.39 Å². The minimum absolute atomic E-state index is 0.180. The number of thioether (sulfide) groups is 1. The molecule has 0 spiro atoms. The number of rotatable bonds is 2. The molecule has 0 heterocycles. The Morgan fingerprint density at radius 3 is 2.57 bits per heavy atom. The Bertz CT molecular complexity index is 354. The van der Waals surface area contributed by atoms with Gasteiger partial charge in [0.1, 0.15) is 5.82 Å². The van der Waals surface area contributed by atoms with Crippen LogP contribution in [0.2, 0.25) is 0 Å². The van der Waals surface area contributed by atoms with Gasteiger partial charge in [0.05, 0.1) is 5.69 Å². The predicted molar refractivity (Wildman–Crippen MR) is 57.3 cm³/mol. The number of hydrogen-bond acceptors (Lipinski definition) is 2. The summed E-state index contributed by atoms with van der Waals surface area (Å²) in [6, 6.07) is 4.84. The fraction of sp³-hybridized carbons (Fsp3) is 0.300. The van der Waals surface area contributed by atoms with Gasteiger partial charge >= 0.3 is 0 Å². The molecular weight excluding hydrogens is 201 g/mol. The summed E-state index contributed by atoms with van der Waals surface area (Å²) in [4.78, 5) is 13.1. The minimum atomic E-state index is -0.366. The van der Waals surface area contributed by atoms with Crippen molar-refractivity contribution in [1.82, 2.24) is 0 Å². The Kier molecular flexibility index (Phi) is 3.52. The smallest absolute Gasteiger partial charge is 0.223 e. The third-order valence-electron chi connectivity index (χ3n) is 1.99. The van der Waals surface area contributed by atoms with Crippen molar-refractivity contribution in [2.45, 2.75) is 11.8 Å². The first-order valence-electron chi connectivity index (χ1n) is 4.14. The zero-order chi connectivity index (χ0) is 10.7. The van der Waals surface area contributed by atoms with Crippen molar-refractivity contribution in [1.29, 1.82) is 0 Å². The van der Waals surface area contributed by atoms with Crippen molar-refractivity contribution in [3.63, 3.8) is 0 Å².